The molecule has 1 aromatic carbocycles. The van der Waals surface area contributed by atoms with Gasteiger partial charge in [-0.1, -0.05) is 48.9 Å². The fourth-order valence-corrected chi connectivity index (χ4v) is 1.85. The van der Waals surface area contributed by atoms with Crippen molar-refractivity contribution in [2.45, 2.75) is 13.3 Å². The van der Waals surface area contributed by atoms with Gasteiger partial charge in [0, 0.05) is 6.54 Å². The summed E-state index contributed by atoms with van der Waals surface area (Å²) in [5.41, 5.74) is 2.24. The van der Waals surface area contributed by atoms with Gasteiger partial charge in [-0.05, 0) is 29.7 Å². The molecule has 88 valence electrons. The first kappa shape index (κ1) is 11.9. The topological polar surface area (TPSA) is 24.9 Å². The van der Waals surface area contributed by atoms with Gasteiger partial charge < -0.3 is 5.32 Å². The summed E-state index contributed by atoms with van der Waals surface area (Å²) in [7, 11) is 0. The maximum absolute atomic E-state index is 6.03. The minimum Gasteiger partial charge on any atom is -0.370 e. The van der Waals surface area contributed by atoms with E-state index in [0.717, 1.165) is 29.9 Å². The van der Waals surface area contributed by atoms with Gasteiger partial charge in [0.1, 0.15) is 11.0 Å². The molecule has 17 heavy (non-hydrogen) atoms. The van der Waals surface area contributed by atoms with E-state index < -0.39 is 0 Å². The Morgan fingerprint density at radius 1 is 1.12 bits per heavy atom. The van der Waals surface area contributed by atoms with Crippen LogP contribution in [-0.2, 0) is 0 Å². The highest BCUT2D eigenvalue weighted by atomic mass is 35.5. The van der Waals surface area contributed by atoms with E-state index in [1.807, 2.05) is 30.3 Å². The van der Waals surface area contributed by atoms with E-state index >= 15 is 0 Å². The van der Waals surface area contributed by atoms with Crippen molar-refractivity contribution in [3.63, 3.8) is 0 Å². The summed E-state index contributed by atoms with van der Waals surface area (Å²) in [6.45, 7) is 3.03. The molecule has 0 bridgehead atoms. The van der Waals surface area contributed by atoms with Crippen molar-refractivity contribution in [1.29, 1.82) is 0 Å². The quantitative estimate of drug-likeness (QED) is 0.817. The van der Waals surface area contributed by atoms with Crippen molar-refractivity contribution in [2.75, 3.05) is 11.9 Å². The van der Waals surface area contributed by atoms with E-state index in [-0.39, 0.29) is 0 Å². The third kappa shape index (κ3) is 3.21. The zero-order chi connectivity index (χ0) is 12.1. The molecule has 2 aromatic rings. The maximum atomic E-state index is 6.03. The number of benzene rings is 1. The summed E-state index contributed by atoms with van der Waals surface area (Å²) in [6, 6.07) is 14.1. The zero-order valence-corrected chi connectivity index (χ0v) is 10.5. The molecule has 2 nitrogen and oxygen atoms in total. The number of hydrogen-bond acceptors (Lipinski definition) is 2. The summed E-state index contributed by atoms with van der Waals surface area (Å²) in [5.74, 6) is 0.832. The molecule has 2 rings (SSSR count). The summed E-state index contributed by atoms with van der Waals surface area (Å²) in [5, 5.41) is 3.77. The molecule has 0 radical (unpaired) electrons. The average molecular weight is 247 g/mol. The molecule has 0 aliphatic carbocycles. The number of anilines is 1. The van der Waals surface area contributed by atoms with Crippen LogP contribution in [0.25, 0.3) is 11.1 Å². The van der Waals surface area contributed by atoms with E-state index in [2.05, 4.69) is 29.4 Å². The first-order valence-electron chi connectivity index (χ1n) is 5.76. The lowest BCUT2D eigenvalue weighted by Gasteiger charge is -2.07. The van der Waals surface area contributed by atoms with Gasteiger partial charge in [0.25, 0.3) is 0 Å². The molecule has 0 unspecified atom stereocenters. The SMILES string of the molecule is CCCNc1cc(-c2ccccc2)cc(Cl)n1. The van der Waals surface area contributed by atoms with Crippen LogP contribution in [0, 0.1) is 0 Å². The molecule has 0 saturated heterocycles. The van der Waals surface area contributed by atoms with Gasteiger partial charge in [-0.15, -0.1) is 0 Å². The van der Waals surface area contributed by atoms with Crippen LogP contribution >= 0.6 is 11.6 Å². The van der Waals surface area contributed by atoms with Gasteiger partial charge in [-0.3, -0.25) is 0 Å². The van der Waals surface area contributed by atoms with Crippen LogP contribution in [-0.4, -0.2) is 11.5 Å². The van der Waals surface area contributed by atoms with Crippen LogP contribution in [0.4, 0.5) is 5.82 Å². The second kappa shape index (κ2) is 5.69. The van der Waals surface area contributed by atoms with Crippen LogP contribution < -0.4 is 5.32 Å². The Hall–Kier alpha value is -1.54. The van der Waals surface area contributed by atoms with Gasteiger partial charge >= 0.3 is 0 Å². The highest BCUT2D eigenvalue weighted by Gasteiger charge is 2.02. The van der Waals surface area contributed by atoms with E-state index in [1.54, 1.807) is 0 Å². The summed E-state index contributed by atoms with van der Waals surface area (Å²) < 4.78 is 0. The lowest BCUT2D eigenvalue weighted by Crippen LogP contribution is -2.02. The minimum atomic E-state index is 0.518. The van der Waals surface area contributed by atoms with Crippen molar-refractivity contribution in [1.82, 2.24) is 4.98 Å². The van der Waals surface area contributed by atoms with Crippen LogP contribution in [0.1, 0.15) is 13.3 Å². The highest BCUT2D eigenvalue weighted by molar-refractivity contribution is 6.29. The molecule has 1 N–H and O–H groups in total. The van der Waals surface area contributed by atoms with Crippen molar-refractivity contribution in [3.05, 3.63) is 47.6 Å². The van der Waals surface area contributed by atoms with Gasteiger partial charge in [-0.25, -0.2) is 4.98 Å². The lowest BCUT2D eigenvalue weighted by atomic mass is 10.1. The third-order valence-corrected chi connectivity index (χ3v) is 2.65. The maximum Gasteiger partial charge on any atom is 0.132 e. The first-order valence-corrected chi connectivity index (χ1v) is 6.14. The lowest BCUT2D eigenvalue weighted by molar-refractivity contribution is 0.969. The molecule has 0 atom stereocenters. The van der Waals surface area contributed by atoms with Crippen molar-refractivity contribution >= 4 is 17.4 Å². The largest absolute Gasteiger partial charge is 0.370 e. The number of aromatic nitrogens is 1. The molecule has 0 fully saturated rings. The van der Waals surface area contributed by atoms with Gasteiger partial charge in [0.05, 0.1) is 0 Å². The van der Waals surface area contributed by atoms with E-state index in [1.165, 1.54) is 0 Å². The standard InChI is InChI=1S/C14H15ClN2/c1-2-8-16-14-10-12(9-13(15)17-14)11-6-4-3-5-7-11/h3-7,9-10H,2,8H2,1H3,(H,16,17). The highest BCUT2D eigenvalue weighted by Crippen LogP contribution is 2.24. The number of rotatable bonds is 4. The number of halogens is 1. The minimum absolute atomic E-state index is 0.518. The molecule has 0 aliphatic rings. The molecule has 0 spiro atoms. The molecule has 3 heteroatoms. The zero-order valence-electron chi connectivity index (χ0n) is 9.78. The van der Waals surface area contributed by atoms with E-state index in [9.17, 15) is 0 Å². The van der Waals surface area contributed by atoms with Crippen LogP contribution in [0.2, 0.25) is 5.15 Å². The third-order valence-electron chi connectivity index (χ3n) is 2.46. The van der Waals surface area contributed by atoms with Crippen molar-refractivity contribution in [2.24, 2.45) is 0 Å². The summed E-state index contributed by atoms with van der Waals surface area (Å²) in [4.78, 5) is 4.25. The Labute approximate surface area is 107 Å². The average Bonchev–Trinajstić information content (AvgIpc) is 2.37. The smallest absolute Gasteiger partial charge is 0.132 e. The van der Waals surface area contributed by atoms with Crippen molar-refractivity contribution in [3.8, 4) is 11.1 Å². The Balaban J connectivity index is 2.32. The fraction of sp³-hybridized carbons (Fsp3) is 0.214. The van der Waals surface area contributed by atoms with E-state index in [0.29, 0.717) is 5.15 Å². The number of pyridine rings is 1. The fourth-order valence-electron chi connectivity index (χ4n) is 1.64. The van der Waals surface area contributed by atoms with Crippen LogP contribution in [0.5, 0.6) is 0 Å². The Kier molecular flexibility index (Phi) is 3.99. The predicted molar refractivity (Wildman–Crippen MR) is 73.5 cm³/mol. The summed E-state index contributed by atoms with van der Waals surface area (Å²) >= 11 is 6.03. The molecule has 0 amide bonds. The van der Waals surface area contributed by atoms with E-state index in [4.69, 9.17) is 11.6 Å². The Bertz CT molecular complexity index is 483. The Morgan fingerprint density at radius 2 is 1.88 bits per heavy atom. The second-order valence-electron chi connectivity index (χ2n) is 3.86. The second-order valence-corrected chi connectivity index (χ2v) is 4.24. The Morgan fingerprint density at radius 3 is 2.59 bits per heavy atom. The van der Waals surface area contributed by atoms with Crippen LogP contribution in [0.3, 0.4) is 0 Å². The van der Waals surface area contributed by atoms with Gasteiger partial charge in [-0.2, -0.15) is 0 Å². The molecular formula is C14H15ClN2. The predicted octanol–water partition coefficient (Wildman–Crippen LogP) is 4.22. The van der Waals surface area contributed by atoms with Gasteiger partial charge in [0.15, 0.2) is 0 Å². The number of hydrogen-bond donors (Lipinski definition) is 1. The molecule has 0 aliphatic heterocycles. The van der Waals surface area contributed by atoms with Gasteiger partial charge in [0.2, 0.25) is 0 Å². The number of nitrogens with zero attached hydrogens (tertiary/aromatic N) is 1. The number of nitrogens with one attached hydrogen (secondary N) is 1. The molecule has 1 heterocycles. The molecular weight excluding hydrogens is 232 g/mol. The van der Waals surface area contributed by atoms with Crippen LogP contribution in [0.15, 0.2) is 42.5 Å². The molecule has 1 aromatic heterocycles. The normalized spacial score (nSPS) is 10.2. The molecule has 0 saturated carbocycles. The first-order chi connectivity index (χ1) is 8.29. The van der Waals surface area contributed by atoms with Crippen molar-refractivity contribution < 1.29 is 0 Å². The monoisotopic (exact) mass is 246 g/mol. The summed E-state index contributed by atoms with van der Waals surface area (Å²) in [6.07, 6.45) is 1.06.